The number of benzene rings is 9. The van der Waals surface area contributed by atoms with E-state index in [1.54, 1.807) is 0 Å². The van der Waals surface area contributed by atoms with E-state index >= 15 is 0 Å². The molecule has 0 unspecified atom stereocenters. The highest BCUT2D eigenvalue weighted by molar-refractivity contribution is 5.98. The number of fused-ring (bicyclic) bond motifs is 6. The fourth-order valence-corrected chi connectivity index (χ4v) is 9.86. The monoisotopic (exact) mass is 888 g/mol. The Morgan fingerprint density at radius 1 is 0.232 bits per heavy atom. The molecule has 13 aromatic rings. The fraction of sp³-hybridized carbons (Fsp3) is 0. The molecule has 0 saturated heterocycles. The van der Waals surface area contributed by atoms with Crippen molar-refractivity contribution in [3.63, 3.8) is 0 Å². The van der Waals surface area contributed by atoms with Gasteiger partial charge in [0.2, 0.25) is 0 Å². The molecule has 69 heavy (non-hydrogen) atoms. The summed E-state index contributed by atoms with van der Waals surface area (Å²) in [5.74, 6) is 1.46. The van der Waals surface area contributed by atoms with E-state index in [4.69, 9.17) is 15.0 Å². The van der Waals surface area contributed by atoms with Gasteiger partial charge in [-0.3, -0.25) is 14.4 Å². The van der Waals surface area contributed by atoms with E-state index in [-0.39, 0.29) is 16.3 Å². The van der Waals surface area contributed by atoms with Gasteiger partial charge in [-0.2, -0.15) is 0 Å². The minimum atomic E-state index is 0.00158. The Balaban J connectivity index is 0.956. The van der Waals surface area contributed by atoms with Gasteiger partial charge in [0.25, 0.3) is 0 Å². The molecular weight excluding hydrogens is 853 g/mol. The van der Waals surface area contributed by atoms with E-state index in [9.17, 15) is 14.4 Å². The van der Waals surface area contributed by atoms with Crippen molar-refractivity contribution in [2.75, 3.05) is 0 Å². The molecule has 0 radical (unpaired) electrons. The molecule has 324 valence electrons. The Kier molecular flexibility index (Phi) is 9.09. The minimum Gasteiger partial charge on any atom is -0.309 e. The number of aromatic nitrogens is 6. The van der Waals surface area contributed by atoms with Gasteiger partial charge in [0.05, 0.1) is 33.1 Å². The van der Waals surface area contributed by atoms with Crippen LogP contribution in [0.2, 0.25) is 0 Å². The molecule has 0 N–H and O–H groups in total. The first-order chi connectivity index (χ1) is 34.0. The molecule has 9 aromatic carbocycles. The number of rotatable bonds is 6. The summed E-state index contributed by atoms with van der Waals surface area (Å²) in [5.41, 5.74) is 9.91. The summed E-state index contributed by atoms with van der Waals surface area (Å²) in [6, 6.07) is 70.4. The predicted octanol–water partition coefficient (Wildman–Crippen LogP) is 12.2. The molecule has 0 fully saturated rings. The summed E-state index contributed by atoms with van der Waals surface area (Å²) in [6.45, 7) is 0. The highest BCUT2D eigenvalue weighted by atomic mass is 16.1. The number of hydrogen-bond donors (Lipinski definition) is 0. The molecule has 9 heteroatoms. The molecule has 0 spiro atoms. The van der Waals surface area contributed by atoms with Crippen LogP contribution in [-0.4, -0.2) is 28.7 Å². The summed E-state index contributed by atoms with van der Waals surface area (Å²) >= 11 is 0. The molecule has 9 nitrogen and oxygen atoms in total. The van der Waals surface area contributed by atoms with Crippen molar-refractivity contribution in [1.29, 1.82) is 0 Å². The van der Waals surface area contributed by atoms with Crippen LogP contribution in [0.4, 0.5) is 0 Å². The summed E-state index contributed by atoms with van der Waals surface area (Å²) in [4.78, 5) is 56.0. The molecular formula is C60H36N6O3. The highest BCUT2D eigenvalue weighted by Gasteiger charge is 2.18. The Morgan fingerprint density at radius 2 is 0.420 bits per heavy atom. The van der Waals surface area contributed by atoms with Gasteiger partial charge in [-0.25, -0.2) is 15.0 Å². The van der Waals surface area contributed by atoms with Crippen molar-refractivity contribution in [2.45, 2.75) is 0 Å². The molecule has 0 aliphatic heterocycles. The summed E-state index contributed by atoms with van der Waals surface area (Å²) in [6.07, 6.45) is 0. The summed E-state index contributed by atoms with van der Waals surface area (Å²) < 4.78 is 6.36. The zero-order valence-corrected chi connectivity index (χ0v) is 36.7. The van der Waals surface area contributed by atoms with Gasteiger partial charge in [-0.15, -0.1) is 0 Å². The van der Waals surface area contributed by atoms with Crippen LogP contribution in [0.25, 0.3) is 117 Å². The van der Waals surface area contributed by atoms with Crippen LogP contribution in [0.1, 0.15) is 0 Å². The van der Waals surface area contributed by atoms with Crippen molar-refractivity contribution in [1.82, 2.24) is 28.7 Å². The lowest BCUT2D eigenvalue weighted by Crippen LogP contribution is -2.10. The topological polar surface area (TPSA) is 105 Å². The molecule has 0 amide bonds. The zero-order valence-electron chi connectivity index (χ0n) is 36.7. The van der Waals surface area contributed by atoms with E-state index < -0.39 is 0 Å². The first kappa shape index (κ1) is 39.7. The van der Waals surface area contributed by atoms with Gasteiger partial charge in [-0.1, -0.05) is 72.8 Å². The van der Waals surface area contributed by atoms with E-state index in [0.29, 0.717) is 49.8 Å². The smallest absolute Gasteiger partial charge is 0.197 e. The average Bonchev–Trinajstić information content (AvgIpc) is 3.42. The van der Waals surface area contributed by atoms with Crippen LogP contribution in [0, 0.1) is 0 Å². The van der Waals surface area contributed by atoms with Gasteiger partial charge in [-0.05, 0) is 146 Å². The largest absolute Gasteiger partial charge is 0.309 e. The second-order valence-corrected chi connectivity index (χ2v) is 17.0. The molecule has 0 bridgehead atoms. The summed E-state index contributed by atoms with van der Waals surface area (Å²) in [7, 11) is 0. The van der Waals surface area contributed by atoms with E-state index in [1.165, 1.54) is 0 Å². The minimum absolute atomic E-state index is 0.00158. The fourth-order valence-electron chi connectivity index (χ4n) is 9.86. The molecule has 0 aliphatic rings. The first-order valence-corrected chi connectivity index (χ1v) is 22.6. The maximum atomic E-state index is 13.6. The Labute approximate surface area is 392 Å². The van der Waals surface area contributed by atoms with Crippen molar-refractivity contribution >= 4 is 65.4 Å². The lowest BCUT2D eigenvalue weighted by molar-refractivity contribution is 1.07. The van der Waals surface area contributed by atoms with Gasteiger partial charge >= 0.3 is 0 Å². The normalized spacial score (nSPS) is 11.7. The van der Waals surface area contributed by atoms with E-state index in [1.807, 2.05) is 218 Å². The third-order valence-electron chi connectivity index (χ3n) is 13.1. The quantitative estimate of drug-likeness (QED) is 0.154. The van der Waals surface area contributed by atoms with Crippen LogP contribution >= 0.6 is 0 Å². The predicted molar refractivity (Wildman–Crippen MR) is 278 cm³/mol. The maximum Gasteiger partial charge on any atom is 0.197 e. The van der Waals surface area contributed by atoms with Crippen LogP contribution in [-0.2, 0) is 0 Å². The maximum absolute atomic E-state index is 13.6. The van der Waals surface area contributed by atoms with E-state index in [0.717, 1.165) is 66.9 Å². The van der Waals surface area contributed by atoms with Crippen molar-refractivity contribution < 1.29 is 0 Å². The van der Waals surface area contributed by atoms with Crippen LogP contribution < -0.4 is 16.3 Å². The van der Waals surface area contributed by atoms with E-state index in [2.05, 4.69) is 13.7 Å². The lowest BCUT2D eigenvalue weighted by atomic mass is 10.1. The number of para-hydroxylation sites is 6. The second-order valence-electron chi connectivity index (χ2n) is 17.0. The second kappa shape index (κ2) is 15.8. The third kappa shape index (κ3) is 6.40. The van der Waals surface area contributed by atoms with Crippen molar-refractivity contribution in [2.24, 2.45) is 0 Å². The third-order valence-corrected chi connectivity index (χ3v) is 13.1. The highest BCUT2D eigenvalue weighted by Crippen LogP contribution is 2.32. The van der Waals surface area contributed by atoms with Gasteiger partial charge in [0.1, 0.15) is 0 Å². The average molecular weight is 889 g/mol. The molecule has 4 aromatic heterocycles. The first-order valence-electron chi connectivity index (χ1n) is 22.6. The number of hydrogen-bond acceptors (Lipinski definition) is 6. The van der Waals surface area contributed by atoms with Crippen LogP contribution in [0.3, 0.4) is 0 Å². The van der Waals surface area contributed by atoms with Gasteiger partial charge in [0, 0.05) is 66.1 Å². The molecule has 0 saturated carbocycles. The van der Waals surface area contributed by atoms with Gasteiger partial charge < -0.3 is 13.7 Å². The molecule has 0 atom stereocenters. The van der Waals surface area contributed by atoms with Crippen LogP contribution in [0.15, 0.2) is 233 Å². The number of nitrogens with zero attached hydrogens (tertiary/aromatic N) is 6. The number of pyridine rings is 3. The standard InChI is InChI=1S/C60H36N6O3/c67-55-43-13-1-7-19-49(43)64(50-20-8-2-14-44(50)55)40-31-25-37(26-32-40)58-61-59(38-27-33-41(34-28-38)65-51-21-9-3-15-45(51)56(68)46-16-4-10-22-52(46)65)63-60(62-58)39-29-35-42(36-30-39)66-53-23-11-5-17-47(53)57(69)48-18-6-12-24-54(48)66/h1-36H. The summed E-state index contributed by atoms with van der Waals surface area (Å²) in [5, 5.41) is 3.88. The van der Waals surface area contributed by atoms with Gasteiger partial charge in [0.15, 0.2) is 33.8 Å². The Bertz CT molecular complexity index is 3780. The molecule has 0 aliphatic carbocycles. The lowest BCUT2D eigenvalue weighted by Gasteiger charge is -2.16. The van der Waals surface area contributed by atoms with Crippen molar-refractivity contribution in [3.8, 4) is 51.2 Å². The molecule has 13 rings (SSSR count). The Morgan fingerprint density at radius 3 is 0.623 bits per heavy atom. The molecule has 4 heterocycles. The SMILES string of the molecule is O=c1c2ccccc2n(-c2ccc(-c3nc(-c4ccc(-n5c6ccccc6c(=O)c6ccccc65)cc4)nc(-c4ccc(-n5c6ccccc6c(=O)c6ccccc65)cc4)n3)cc2)c2ccccc12. The Hall–Kier alpha value is -9.60. The van der Waals surface area contributed by atoms with Crippen LogP contribution in [0.5, 0.6) is 0 Å². The van der Waals surface area contributed by atoms with Crippen molar-refractivity contribution in [3.05, 3.63) is 249 Å². The zero-order chi connectivity index (χ0) is 46.2.